The van der Waals surface area contributed by atoms with Gasteiger partial charge in [0, 0.05) is 6.54 Å². The number of nitrogens with one attached hydrogen (secondary N) is 1. The second-order valence-electron chi connectivity index (χ2n) is 4.26. The number of nitriles is 1. The largest absolute Gasteiger partial charge is 0.377 e. The molecule has 1 N–H and O–H groups in total. The summed E-state index contributed by atoms with van der Waals surface area (Å²) in [5.74, 6) is -0.0351. The van der Waals surface area contributed by atoms with Crippen molar-refractivity contribution in [2.45, 2.75) is 26.4 Å². The first-order chi connectivity index (χ1) is 8.61. The van der Waals surface area contributed by atoms with E-state index in [0.29, 0.717) is 25.1 Å². The molecule has 0 fully saturated rings. The van der Waals surface area contributed by atoms with Crippen molar-refractivity contribution in [3.05, 3.63) is 35.4 Å². The Bertz CT molecular complexity index is 418. The molecule has 0 saturated carbocycles. The summed E-state index contributed by atoms with van der Waals surface area (Å²) in [5, 5.41) is 11.4. The van der Waals surface area contributed by atoms with Crippen LogP contribution in [0.3, 0.4) is 0 Å². The van der Waals surface area contributed by atoms with Gasteiger partial charge >= 0.3 is 0 Å². The summed E-state index contributed by atoms with van der Waals surface area (Å²) in [6, 6.07) is 9.06. The van der Waals surface area contributed by atoms with Gasteiger partial charge in [-0.1, -0.05) is 12.1 Å². The van der Waals surface area contributed by atoms with Crippen LogP contribution in [0.5, 0.6) is 0 Å². The van der Waals surface area contributed by atoms with E-state index in [2.05, 4.69) is 5.32 Å². The molecule has 0 aliphatic heterocycles. The first-order valence-electron chi connectivity index (χ1n) is 5.99. The Labute approximate surface area is 108 Å². The number of rotatable bonds is 6. The van der Waals surface area contributed by atoms with Crippen LogP contribution in [-0.4, -0.2) is 25.2 Å². The minimum Gasteiger partial charge on any atom is -0.377 e. The number of hydrogen-bond donors (Lipinski definition) is 1. The fraction of sp³-hybridized carbons (Fsp3) is 0.429. The van der Waals surface area contributed by atoms with Gasteiger partial charge in [-0.25, -0.2) is 0 Å². The fourth-order valence-electron chi connectivity index (χ4n) is 1.43. The second-order valence-corrected chi connectivity index (χ2v) is 4.26. The van der Waals surface area contributed by atoms with Gasteiger partial charge in [0.1, 0.15) is 0 Å². The zero-order chi connectivity index (χ0) is 13.4. The average Bonchev–Trinajstić information content (AvgIpc) is 2.35. The maximum absolute atomic E-state index is 11.6. The fourth-order valence-corrected chi connectivity index (χ4v) is 1.43. The lowest BCUT2D eigenvalue weighted by atomic mass is 10.1. The zero-order valence-corrected chi connectivity index (χ0v) is 10.8. The summed E-state index contributed by atoms with van der Waals surface area (Å²) >= 11 is 0. The topological polar surface area (TPSA) is 62.1 Å². The Morgan fingerprint density at radius 2 is 2.06 bits per heavy atom. The van der Waals surface area contributed by atoms with Gasteiger partial charge in [-0.3, -0.25) is 4.79 Å². The van der Waals surface area contributed by atoms with Crippen LogP contribution in [0.15, 0.2) is 24.3 Å². The molecule has 0 aliphatic rings. The molecule has 0 aliphatic carbocycles. The van der Waals surface area contributed by atoms with E-state index in [0.717, 1.165) is 5.56 Å². The molecule has 0 bridgehead atoms. The summed E-state index contributed by atoms with van der Waals surface area (Å²) < 4.78 is 5.32. The normalized spacial score (nSPS) is 10.1. The molecule has 0 spiro atoms. The van der Waals surface area contributed by atoms with Gasteiger partial charge in [0.15, 0.2) is 0 Å². The van der Waals surface area contributed by atoms with E-state index in [1.165, 1.54) is 0 Å². The van der Waals surface area contributed by atoms with E-state index in [-0.39, 0.29) is 12.0 Å². The third-order valence-electron chi connectivity index (χ3n) is 2.32. The van der Waals surface area contributed by atoms with Crippen LogP contribution in [0.2, 0.25) is 0 Å². The highest BCUT2D eigenvalue weighted by Gasteiger charge is 2.03. The van der Waals surface area contributed by atoms with Crippen LogP contribution in [-0.2, 0) is 16.0 Å². The van der Waals surface area contributed by atoms with Gasteiger partial charge in [-0.05, 0) is 31.5 Å². The predicted octanol–water partition coefficient (Wildman–Crippen LogP) is 1.64. The Hall–Kier alpha value is -1.86. The molecule has 0 saturated heterocycles. The minimum atomic E-state index is -0.0351. The maximum Gasteiger partial charge on any atom is 0.224 e. The van der Waals surface area contributed by atoms with Crippen molar-refractivity contribution < 1.29 is 9.53 Å². The Morgan fingerprint density at radius 1 is 1.39 bits per heavy atom. The minimum absolute atomic E-state index is 0.0351. The molecule has 4 nitrogen and oxygen atoms in total. The van der Waals surface area contributed by atoms with Crippen LogP contribution in [0.25, 0.3) is 0 Å². The van der Waals surface area contributed by atoms with E-state index in [9.17, 15) is 4.79 Å². The summed E-state index contributed by atoms with van der Waals surface area (Å²) in [4.78, 5) is 11.6. The van der Waals surface area contributed by atoms with Crippen LogP contribution >= 0.6 is 0 Å². The van der Waals surface area contributed by atoms with Crippen LogP contribution in [0.4, 0.5) is 0 Å². The predicted molar refractivity (Wildman–Crippen MR) is 69.0 cm³/mol. The van der Waals surface area contributed by atoms with Crippen LogP contribution in [0, 0.1) is 11.3 Å². The molecular weight excluding hydrogens is 228 g/mol. The van der Waals surface area contributed by atoms with Crippen molar-refractivity contribution in [1.29, 1.82) is 5.26 Å². The third kappa shape index (κ3) is 5.46. The number of hydrogen-bond acceptors (Lipinski definition) is 3. The number of nitrogens with zero attached hydrogens (tertiary/aromatic N) is 1. The molecule has 1 aromatic carbocycles. The summed E-state index contributed by atoms with van der Waals surface area (Å²) in [5.41, 5.74) is 1.50. The molecule has 0 unspecified atom stereocenters. The van der Waals surface area contributed by atoms with Gasteiger partial charge < -0.3 is 10.1 Å². The molecule has 4 heteroatoms. The zero-order valence-electron chi connectivity index (χ0n) is 10.8. The molecule has 0 radical (unpaired) electrons. The van der Waals surface area contributed by atoms with Crippen molar-refractivity contribution in [2.75, 3.05) is 13.2 Å². The highest BCUT2D eigenvalue weighted by molar-refractivity contribution is 5.78. The first kappa shape index (κ1) is 14.2. The second kappa shape index (κ2) is 7.46. The number of amides is 1. The third-order valence-corrected chi connectivity index (χ3v) is 2.32. The van der Waals surface area contributed by atoms with E-state index < -0.39 is 0 Å². The highest BCUT2D eigenvalue weighted by atomic mass is 16.5. The van der Waals surface area contributed by atoms with Crippen molar-refractivity contribution in [3.63, 3.8) is 0 Å². The molecule has 18 heavy (non-hydrogen) atoms. The molecule has 0 aromatic heterocycles. The van der Waals surface area contributed by atoms with Gasteiger partial charge in [-0.2, -0.15) is 5.26 Å². The number of ether oxygens (including phenoxy) is 1. The number of benzene rings is 1. The van der Waals surface area contributed by atoms with Gasteiger partial charge in [0.25, 0.3) is 0 Å². The molecule has 1 amide bonds. The molecule has 96 valence electrons. The summed E-state index contributed by atoms with van der Waals surface area (Å²) in [7, 11) is 0. The van der Waals surface area contributed by atoms with Crippen molar-refractivity contribution in [2.24, 2.45) is 0 Å². The van der Waals surface area contributed by atoms with Crippen LogP contribution in [0.1, 0.15) is 25.0 Å². The van der Waals surface area contributed by atoms with E-state index >= 15 is 0 Å². The molecule has 0 heterocycles. The Balaban J connectivity index is 2.29. The monoisotopic (exact) mass is 246 g/mol. The molecule has 0 atom stereocenters. The molecule has 1 aromatic rings. The lowest BCUT2D eigenvalue weighted by Crippen LogP contribution is -2.29. The smallest absolute Gasteiger partial charge is 0.224 e. The average molecular weight is 246 g/mol. The standard InChI is InChI=1S/C14H18N2O2/c1-11(2)18-8-7-16-14(17)9-12-3-5-13(10-15)6-4-12/h3-6,11H,7-9H2,1-2H3,(H,16,17). The number of carbonyl (C=O) groups excluding carboxylic acids is 1. The Morgan fingerprint density at radius 3 is 2.61 bits per heavy atom. The van der Waals surface area contributed by atoms with Crippen molar-refractivity contribution in [3.8, 4) is 6.07 Å². The Kier molecular flexibility index (Phi) is 5.89. The van der Waals surface area contributed by atoms with Crippen LogP contribution < -0.4 is 5.32 Å². The summed E-state index contributed by atoms with van der Waals surface area (Å²) in [6.45, 7) is 4.96. The van der Waals surface area contributed by atoms with E-state index in [4.69, 9.17) is 10.00 Å². The quantitative estimate of drug-likeness (QED) is 0.776. The van der Waals surface area contributed by atoms with Crippen molar-refractivity contribution in [1.82, 2.24) is 5.32 Å². The van der Waals surface area contributed by atoms with Gasteiger partial charge in [0.05, 0.1) is 30.8 Å². The first-order valence-corrected chi connectivity index (χ1v) is 5.99. The maximum atomic E-state index is 11.6. The molecular formula is C14H18N2O2. The van der Waals surface area contributed by atoms with Gasteiger partial charge in [-0.15, -0.1) is 0 Å². The van der Waals surface area contributed by atoms with E-state index in [1.54, 1.807) is 24.3 Å². The highest BCUT2D eigenvalue weighted by Crippen LogP contribution is 2.03. The number of carbonyl (C=O) groups is 1. The van der Waals surface area contributed by atoms with Gasteiger partial charge in [0.2, 0.25) is 5.91 Å². The lowest BCUT2D eigenvalue weighted by molar-refractivity contribution is -0.120. The van der Waals surface area contributed by atoms with Crippen molar-refractivity contribution >= 4 is 5.91 Å². The molecule has 1 rings (SSSR count). The SMILES string of the molecule is CC(C)OCCNC(=O)Cc1ccc(C#N)cc1. The lowest BCUT2D eigenvalue weighted by Gasteiger charge is -2.08. The van der Waals surface area contributed by atoms with E-state index in [1.807, 2.05) is 19.9 Å². The summed E-state index contributed by atoms with van der Waals surface area (Å²) in [6.07, 6.45) is 0.508.